The fraction of sp³-hybridized carbons (Fsp3) is 0. The van der Waals surface area contributed by atoms with Crippen molar-refractivity contribution in [2.75, 3.05) is 5.32 Å². The SMILES string of the molecule is O=C(C=Cc1ccc(-c2cccc(Cl)c2Cl)o1)NC(=S)Nc1ccc2oc(-c3cccc(Cl)c3)nc2c1. The van der Waals surface area contributed by atoms with Crippen molar-refractivity contribution in [3.8, 4) is 22.8 Å². The number of rotatable bonds is 5. The summed E-state index contributed by atoms with van der Waals surface area (Å²) in [7, 11) is 0. The molecule has 5 rings (SSSR count). The molecule has 0 aliphatic carbocycles. The first-order valence-electron chi connectivity index (χ1n) is 10.9. The van der Waals surface area contributed by atoms with Gasteiger partial charge in [0.15, 0.2) is 10.7 Å². The molecule has 0 bridgehead atoms. The van der Waals surface area contributed by atoms with E-state index in [9.17, 15) is 4.79 Å². The minimum Gasteiger partial charge on any atom is -0.457 e. The average Bonchev–Trinajstić information content (AvgIpc) is 3.51. The van der Waals surface area contributed by atoms with Crippen LogP contribution in [0, 0.1) is 0 Å². The molecule has 0 saturated carbocycles. The van der Waals surface area contributed by atoms with Gasteiger partial charge in [0.2, 0.25) is 11.8 Å². The lowest BCUT2D eigenvalue weighted by atomic mass is 10.2. The normalized spacial score (nSPS) is 11.2. The number of amides is 1. The van der Waals surface area contributed by atoms with Crippen LogP contribution in [0.2, 0.25) is 15.1 Å². The van der Waals surface area contributed by atoms with Crippen LogP contribution >= 0.6 is 47.0 Å². The van der Waals surface area contributed by atoms with E-state index in [0.29, 0.717) is 54.8 Å². The van der Waals surface area contributed by atoms with Gasteiger partial charge in [0.05, 0.1) is 10.0 Å². The largest absolute Gasteiger partial charge is 0.457 e. The minimum absolute atomic E-state index is 0.124. The van der Waals surface area contributed by atoms with Crippen molar-refractivity contribution < 1.29 is 13.6 Å². The van der Waals surface area contributed by atoms with Crippen LogP contribution in [-0.2, 0) is 4.79 Å². The third-order valence-corrected chi connectivity index (χ3v) is 6.45. The van der Waals surface area contributed by atoms with Gasteiger partial charge in [-0.2, -0.15) is 0 Å². The first-order chi connectivity index (χ1) is 17.9. The molecule has 0 aliphatic rings. The second-order valence-corrected chi connectivity index (χ2v) is 9.42. The smallest absolute Gasteiger partial charge is 0.250 e. The number of hydrogen-bond acceptors (Lipinski definition) is 5. The summed E-state index contributed by atoms with van der Waals surface area (Å²) in [6.45, 7) is 0. The summed E-state index contributed by atoms with van der Waals surface area (Å²) in [5, 5.41) is 7.11. The van der Waals surface area contributed by atoms with Crippen LogP contribution in [0.1, 0.15) is 5.76 Å². The van der Waals surface area contributed by atoms with Gasteiger partial charge in [-0.25, -0.2) is 4.98 Å². The van der Waals surface area contributed by atoms with E-state index in [2.05, 4.69) is 15.6 Å². The molecule has 2 aromatic heterocycles. The minimum atomic E-state index is -0.429. The van der Waals surface area contributed by atoms with Crippen LogP contribution in [0.15, 0.2) is 87.7 Å². The number of halogens is 3. The number of thiocarbonyl (C=S) groups is 1. The molecule has 5 aromatic rings. The van der Waals surface area contributed by atoms with Crippen LogP contribution in [0.4, 0.5) is 5.69 Å². The summed E-state index contributed by atoms with van der Waals surface area (Å²) in [5.41, 5.74) is 3.30. The van der Waals surface area contributed by atoms with Crippen LogP contribution in [-0.4, -0.2) is 16.0 Å². The zero-order valence-corrected chi connectivity index (χ0v) is 21.9. The third-order valence-electron chi connectivity index (χ3n) is 5.20. The second-order valence-electron chi connectivity index (χ2n) is 7.79. The van der Waals surface area contributed by atoms with Gasteiger partial charge >= 0.3 is 0 Å². The molecule has 2 heterocycles. The molecule has 0 radical (unpaired) electrons. The van der Waals surface area contributed by atoms with E-state index in [1.807, 2.05) is 12.1 Å². The molecular formula is C27H16Cl3N3O3S. The maximum atomic E-state index is 12.3. The first kappa shape index (κ1) is 25.0. The molecule has 0 spiro atoms. The molecule has 10 heteroatoms. The molecule has 184 valence electrons. The van der Waals surface area contributed by atoms with E-state index in [1.165, 1.54) is 12.2 Å². The number of nitrogens with zero attached hydrogens (tertiary/aromatic N) is 1. The number of benzene rings is 3. The van der Waals surface area contributed by atoms with Crippen molar-refractivity contribution in [2.24, 2.45) is 0 Å². The lowest BCUT2D eigenvalue weighted by molar-refractivity contribution is -0.115. The Balaban J connectivity index is 1.21. The molecule has 3 aromatic carbocycles. The van der Waals surface area contributed by atoms with Gasteiger partial charge in [-0.1, -0.05) is 46.9 Å². The third kappa shape index (κ3) is 5.87. The molecular weight excluding hydrogens is 553 g/mol. The second kappa shape index (κ2) is 10.8. The van der Waals surface area contributed by atoms with E-state index in [4.69, 9.17) is 55.9 Å². The van der Waals surface area contributed by atoms with Gasteiger partial charge in [0, 0.05) is 27.9 Å². The number of aromatic nitrogens is 1. The first-order valence-corrected chi connectivity index (χ1v) is 12.4. The fourth-order valence-corrected chi connectivity index (χ4v) is 4.31. The number of hydrogen-bond donors (Lipinski definition) is 2. The Bertz CT molecular complexity index is 1680. The molecule has 0 saturated heterocycles. The number of anilines is 1. The van der Waals surface area contributed by atoms with Crippen molar-refractivity contribution in [1.29, 1.82) is 0 Å². The van der Waals surface area contributed by atoms with Gasteiger partial charge in [0.25, 0.3) is 0 Å². The zero-order valence-electron chi connectivity index (χ0n) is 18.8. The highest BCUT2D eigenvalue weighted by Crippen LogP contribution is 2.34. The lowest BCUT2D eigenvalue weighted by Gasteiger charge is -2.07. The highest BCUT2D eigenvalue weighted by Gasteiger charge is 2.12. The van der Waals surface area contributed by atoms with Crippen molar-refractivity contribution >= 4 is 80.9 Å². The summed E-state index contributed by atoms with van der Waals surface area (Å²) >= 11 is 23.6. The van der Waals surface area contributed by atoms with Crippen molar-refractivity contribution in [3.05, 3.63) is 99.7 Å². The standard InChI is InChI=1S/C27H16Cl3N3O3S/c28-16-4-1-3-15(13-16)26-32-21-14-17(7-10-23(21)36-26)31-27(37)33-24(34)12-9-18-8-11-22(35-18)19-5-2-6-20(29)25(19)30/h1-14H,(H2,31,33,34,37). The predicted octanol–water partition coefficient (Wildman–Crippen LogP) is 8.24. The highest BCUT2D eigenvalue weighted by molar-refractivity contribution is 7.80. The van der Waals surface area contributed by atoms with Crippen molar-refractivity contribution in [3.63, 3.8) is 0 Å². The van der Waals surface area contributed by atoms with Gasteiger partial charge in [-0.3, -0.25) is 10.1 Å². The Morgan fingerprint density at radius 1 is 0.946 bits per heavy atom. The Morgan fingerprint density at radius 2 is 1.78 bits per heavy atom. The Hall–Kier alpha value is -3.62. The van der Waals surface area contributed by atoms with Crippen LogP contribution in [0.3, 0.4) is 0 Å². The average molecular weight is 569 g/mol. The maximum Gasteiger partial charge on any atom is 0.250 e. The van der Waals surface area contributed by atoms with Crippen LogP contribution in [0.5, 0.6) is 0 Å². The molecule has 0 aliphatic heterocycles. The van der Waals surface area contributed by atoms with Gasteiger partial charge < -0.3 is 14.2 Å². The van der Waals surface area contributed by atoms with E-state index in [-0.39, 0.29) is 5.11 Å². The number of fused-ring (bicyclic) bond motifs is 1. The van der Waals surface area contributed by atoms with E-state index >= 15 is 0 Å². The summed E-state index contributed by atoms with van der Waals surface area (Å²) in [6.07, 6.45) is 2.84. The Labute approximate surface area is 231 Å². The molecule has 2 N–H and O–H groups in total. The van der Waals surface area contributed by atoms with Crippen LogP contribution < -0.4 is 10.6 Å². The quantitative estimate of drug-likeness (QED) is 0.164. The monoisotopic (exact) mass is 567 g/mol. The summed E-state index contributed by atoms with van der Waals surface area (Å²) in [5.74, 6) is 1.02. The van der Waals surface area contributed by atoms with Crippen molar-refractivity contribution in [1.82, 2.24) is 10.3 Å². The fourth-order valence-electron chi connectivity index (χ4n) is 3.51. The number of oxazole rings is 1. The maximum absolute atomic E-state index is 12.3. The summed E-state index contributed by atoms with van der Waals surface area (Å²) in [4.78, 5) is 16.9. The molecule has 6 nitrogen and oxygen atoms in total. The highest BCUT2D eigenvalue weighted by atomic mass is 35.5. The summed E-state index contributed by atoms with van der Waals surface area (Å²) < 4.78 is 11.6. The topological polar surface area (TPSA) is 80.3 Å². The number of nitrogens with one attached hydrogen (secondary N) is 2. The number of carbonyl (C=O) groups excluding carboxylic acids is 1. The zero-order chi connectivity index (χ0) is 25.9. The van der Waals surface area contributed by atoms with Gasteiger partial charge in [-0.15, -0.1) is 0 Å². The van der Waals surface area contributed by atoms with E-state index in [1.54, 1.807) is 60.7 Å². The molecule has 37 heavy (non-hydrogen) atoms. The molecule has 1 amide bonds. The van der Waals surface area contributed by atoms with Crippen molar-refractivity contribution in [2.45, 2.75) is 0 Å². The van der Waals surface area contributed by atoms with Crippen LogP contribution in [0.25, 0.3) is 40.0 Å². The lowest BCUT2D eigenvalue weighted by Crippen LogP contribution is -2.32. The van der Waals surface area contributed by atoms with E-state index in [0.717, 1.165) is 5.56 Å². The number of furan rings is 1. The molecule has 0 atom stereocenters. The predicted molar refractivity (Wildman–Crippen MR) is 152 cm³/mol. The van der Waals surface area contributed by atoms with Gasteiger partial charge in [0.1, 0.15) is 17.0 Å². The Kier molecular flexibility index (Phi) is 7.30. The summed E-state index contributed by atoms with van der Waals surface area (Å²) in [6, 6.07) is 21.3. The van der Waals surface area contributed by atoms with Gasteiger partial charge in [-0.05, 0) is 79.0 Å². The number of carbonyl (C=O) groups is 1. The Morgan fingerprint density at radius 3 is 2.62 bits per heavy atom. The molecule has 0 unspecified atom stereocenters. The molecule has 0 fully saturated rings. The van der Waals surface area contributed by atoms with E-state index < -0.39 is 5.91 Å².